The highest BCUT2D eigenvalue weighted by molar-refractivity contribution is 6.00. The molecule has 0 spiro atoms. The number of ketones is 1. The molecule has 1 aliphatic rings. The van der Waals surface area contributed by atoms with E-state index in [2.05, 4.69) is 13.8 Å². The van der Waals surface area contributed by atoms with E-state index in [1.165, 1.54) is 0 Å². The summed E-state index contributed by atoms with van der Waals surface area (Å²) in [6, 6.07) is 7.55. The van der Waals surface area contributed by atoms with Gasteiger partial charge in [-0.25, -0.2) is 0 Å². The standard InChI is InChI=1S/C16H22O2/c1-11-8-9-13(10-12(11)2)16(17)14-6-4-5-7-15(14)18-3/h4-7,11-13H,8-10H2,1-3H3. The van der Waals surface area contributed by atoms with Crippen molar-refractivity contribution in [3.05, 3.63) is 29.8 Å². The first-order valence-corrected chi connectivity index (χ1v) is 6.80. The first-order valence-electron chi connectivity index (χ1n) is 6.80. The lowest BCUT2D eigenvalue weighted by molar-refractivity contribution is 0.0834. The summed E-state index contributed by atoms with van der Waals surface area (Å²) < 4.78 is 5.28. The number of Topliss-reactive ketones (excluding diaryl/α,β-unsaturated/α-hetero) is 1. The van der Waals surface area contributed by atoms with Gasteiger partial charge in [-0.2, -0.15) is 0 Å². The summed E-state index contributed by atoms with van der Waals surface area (Å²) in [7, 11) is 1.62. The maximum atomic E-state index is 12.6. The molecule has 0 aliphatic heterocycles. The normalized spacial score (nSPS) is 27.8. The summed E-state index contributed by atoms with van der Waals surface area (Å²) in [6.45, 7) is 4.54. The van der Waals surface area contributed by atoms with Gasteiger partial charge in [0.1, 0.15) is 5.75 Å². The average Bonchev–Trinajstić information content (AvgIpc) is 2.41. The molecular weight excluding hydrogens is 224 g/mol. The molecule has 2 nitrogen and oxygen atoms in total. The second kappa shape index (κ2) is 5.55. The van der Waals surface area contributed by atoms with Crippen LogP contribution in [0.4, 0.5) is 0 Å². The van der Waals surface area contributed by atoms with Crippen LogP contribution in [0.1, 0.15) is 43.5 Å². The summed E-state index contributed by atoms with van der Waals surface area (Å²) in [5.41, 5.74) is 0.742. The molecule has 98 valence electrons. The van der Waals surface area contributed by atoms with Crippen LogP contribution in [0, 0.1) is 17.8 Å². The van der Waals surface area contributed by atoms with Crippen molar-refractivity contribution in [2.24, 2.45) is 17.8 Å². The maximum Gasteiger partial charge on any atom is 0.169 e. The molecule has 0 N–H and O–H groups in total. The second-order valence-electron chi connectivity index (χ2n) is 5.53. The summed E-state index contributed by atoms with van der Waals surface area (Å²) in [5, 5.41) is 0. The monoisotopic (exact) mass is 246 g/mol. The number of benzene rings is 1. The lowest BCUT2D eigenvalue weighted by atomic mass is 9.73. The van der Waals surface area contributed by atoms with Crippen molar-refractivity contribution >= 4 is 5.78 Å². The molecule has 18 heavy (non-hydrogen) atoms. The topological polar surface area (TPSA) is 26.3 Å². The number of ether oxygens (including phenoxy) is 1. The Labute approximate surface area is 109 Å². The molecule has 0 radical (unpaired) electrons. The van der Waals surface area contributed by atoms with Gasteiger partial charge in [-0.3, -0.25) is 4.79 Å². The van der Waals surface area contributed by atoms with Crippen molar-refractivity contribution in [2.45, 2.75) is 33.1 Å². The van der Waals surface area contributed by atoms with Gasteiger partial charge in [0, 0.05) is 5.92 Å². The minimum Gasteiger partial charge on any atom is -0.496 e. The molecule has 0 heterocycles. The van der Waals surface area contributed by atoms with E-state index in [9.17, 15) is 4.79 Å². The van der Waals surface area contributed by atoms with Gasteiger partial charge in [0.2, 0.25) is 0 Å². The molecule has 1 aliphatic carbocycles. The summed E-state index contributed by atoms with van der Waals surface area (Å²) in [4.78, 5) is 12.6. The van der Waals surface area contributed by atoms with Crippen LogP contribution in [0.25, 0.3) is 0 Å². The van der Waals surface area contributed by atoms with Crippen molar-refractivity contribution in [3.8, 4) is 5.75 Å². The van der Waals surface area contributed by atoms with Crippen LogP contribution in [0.3, 0.4) is 0 Å². The quantitative estimate of drug-likeness (QED) is 0.755. The smallest absolute Gasteiger partial charge is 0.169 e. The van der Waals surface area contributed by atoms with Crippen molar-refractivity contribution in [1.29, 1.82) is 0 Å². The van der Waals surface area contributed by atoms with Crippen LogP contribution in [0.5, 0.6) is 5.75 Å². The Morgan fingerprint density at radius 1 is 1.17 bits per heavy atom. The van der Waals surface area contributed by atoms with Crippen molar-refractivity contribution < 1.29 is 9.53 Å². The van der Waals surface area contributed by atoms with Crippen LogP contribution in [0.15, 0.2) is 24.3 Å². The van der Waals surface area contributed by atoms with Gasteiger partial charge < -0.3 is 4.74 Å². The molecule has 0 saturated heterocycles. The Kier molecular flexibility index (Phi) is 4.05. The van der Waals surface area contributed by atoms with Crippen LogP contribution < -0.4 is 4.74 Å². The van der Waals surface area contributed by atoms with Gasteiger partial charge in [0.25, 0.3) is 0 Å². The summed E-state index contributed by atoms with van der Waals surface area (Å²) in [6.07, 6.45) is 3.19. The molecule has 3 unspecified atom stereocenters. The minimum absolute atomic E-state index is 0.174. The SMILES string of the molecule is COc1ccccc1C(=O)C1CCC(C)C(C)C1. The fraction of sp³-hybridized carbons (Fsp3) is 0.562. The van der Waals surface area contributed by atoms with E-state index in [4.69, 9.17) is 4.74 Å². The Morgan fingerprint density at radius 3 is 2.56 bits per heavy atom. The predicted molar refractivity (Wildman–Crippen MR) is 73.0 cm³/mol. The molecule has 1 aromatic carbocycles. The second-order valence-corrected chi connectivity index (χ2v) is 5.53. The average molecular weight is 246 g/mol. The zero-order valence-corrected chi connectivity index (χ0v) is 11.5. The number of carbonyl (C=O) groups is 1. The highest BCUT2D eigenvalue weighted by Gasteiger charge is 2.30. The minimum atomic E-state index is 0.174. The Balaban J connectivity index is 2.16. The van der Waals surface area contributed by atoms with Gasteiger partial charge in [-0.05, 0) is 43.2 Å². The van der Waals surface area contributed by atoms with Gasteiger partial charge in [-0.15, -0.1) is 0 Å². The van der Waals surface area contributed by atoms with Crippen LogP contribution >= 0.6 is 0 Å². The zero-order valence-electron chi connectivity index (χ0n) is 11.5. The maximum absolute atomic E-state index is 12.6. The van der Waals surface area contributed by atoms with Gasteiger partial charge in [0.15, 0.2) is 5.78 Å². The Morgan fingerprint density at radius 2 is 1.89 bits per heavy atom. The number of methoxy groups -OCH3 is 1. The van der Waals surface area contributed by atoms with Crippen molar-refractivity contribution in [1.82, 2.24) is 0 Å². The molecular formula is C16H22O2. The fourth-order valence-corrected chi connectivity index (χ4v) is 2.85. The van der Waals surface area contributed by atoms with E-state index in [1.54, 1.807) is 7.11 Å². The first-order chi connectivity index (χ1) is 8.63. The molecule has 1 aromatic rings. The summed E-state index contributed by atoms with van der Waals surface area (Å²) in [5.74, 6) is 2.52. The third kappa shape index (κ3) is 2.58. The lowest BCUT2D eigenvalue weighted by Crippen LogP contribution is -2.26. The van der Waals surface area contributed by atoms with Crippen LogP contribution in [-0.4, -0.2) is 12.9 Å². The molecule has 0 amide bonds. The molecule has 0 bridgehead atoms. The Bertz CT molecular complexity index is 425. The number of para-hydroxylation sites is 1. The van der Waals surface area contributed by atoms with E-state index < -0.39 is 0 Å². The zero-order chi connectivity index (χ0) is 13.1. The highest BCUT2D eigenvalue weighted by atomic mass is 16.5. The molecule has 2 rings (SSSR count). The summed E-state index contributed by atoms with van der Waals surface area (Å²) >= 11 is 0. The molecule has 1 fully saturated rings. The van der Waals surface area contributed by atoms with Crippen LogP contribution in [-0.2, 0) is 0 Å². The van der Waals surface area contributed by atoms with Gasteiger partial charge in [-0.1, -0.05) is 26.0 Å². The molecule has 0 aromatic heterocycles. The highest BCUT2D eigenvalue weighted by Crippen LogP contribution is 2.36. The molecule has 2 heteroatoms. The van der Waals surface area contributed by atoms with E-state index >= 15 is 0 Å². The number of hydrogen-bond donors (Lipinski definition) is 0. The third-order valence-electron chi connectivity index (χ3n) is 4.34. The first kappa shape index (κ1) is 13.1. The van der Waals surface area contributed by atoms with E-state index in [0.717, 1.165) is 30.7 Å². The fourth-order valence-electron chi connectivity index (χ4n) is 2.85. The van der Waals surface area contributed by atoms with E-state index in [0.29, 0.717) is 11.7 Å². The molecule has 1 saturated carbocycles. The predicted octanol–water partition coefficient (Wildman–Crippen LogP) is 3.95. The van der Waals surface area contributed by atoms with Crippen molar-refractivity contribution in [3.63, 3.8) is 0 Å². The van der Waals surface area contributed by atoms with Crippen LogP contribution in [0.2, 0.25) is 0 Å². The van der Waals surface area contributed by atoms with E-state index in [-0.39, 0.29) is 11.7 Å². The van der Waals surface area contributed by atoms with Crippen molar-refractivity contribution in [2.75, 3.05) is 7.11 Å². The number of hydrogen-bond acceptors (Lipinski definition) is 2. The third-order valence-corrected chi connectivity index (χ3v) is 4.34. The number of rotatable bonds is 3. The molecule has 3 atom stereocenters. The number of carbonyl (C=O) groups excluding carboxylic acids is 1. The van der Waals surface area contributed by atoms with E-state index in [1.807, 2.05) is 24.3 Å². The van der Waals surface area contributed by atoms with Gasteiger partial charge in [0.05, 0.1) is 12.7 Å². The Hall–Kier alpha value is -1.31. The largest absolute Gasteiger partial charge is 0.496 e. The van der Waals surface area contributed by atoms with Gasteiger partial charge >= 0.3 is 0 Å². The lowest BCUT2D eigenvalue weighted by Gasteiger charge is -2.31.